The highest BCUT2D eigenvalue weighted by Crippen LogP contribution is 2.22. The van der Waals surface area contributed by atoms with Crippen molar-refractivity contribution < 1.29 is 9.59 Å². The third-order valence-electron chi connectivity index (χ3n) is 3.49. The maximum atomic E-state index is 12.0. The Balaban J connectivity index is 1.90. The number of benzene rings is 1. The molecule has 1 aromatic heterocycles. The van der Waals surface area contributed by atoms with Gasteiger partial charge in [0.2, 0.25) is 5.91 Å². The van der Waals surface area contributed by atoms with Gasteiger partial charge in [0.25, 0.3) is 5.91 Å². The summed E-state index contributed by atoms with van der Waals surface area (Å²) in [6.07, 6.45) is 1.67. The molecule has 2 aromatic rings. The van der Waals surface area contributed by atoms with Crippen LogP contribution in [-0.4, -0.2) is 23.3 Å². The molecule has 5 nitrogen and oxygen atoms in total. The van der Waals surface area contributed by atoms with Crippen LogP contribution >= 0.6 is 11.6 Å². The number of rotatable bonds is 5. The topological polar surface area (TPSA) is 71.1 Å². The molecule has 0 unspecified atom stereocenters. The Morgan fingerprint density at radius 2 is 1.96 bits per heavy atom. The number of hydrogen-bond donors (Lipinski definition) is 2. The van der Waals surface area contributed by atoms with Crippen LogP contribution in [0.4, 0.5) is 5.69 Å². The summed E-state index contributed by atoms with van der Waals surface area (Å²) in [5.41, 5.74) is 2.85. The van der Waals surface area contributed by atoms with Crippen molar-refractivity contribution in [2.75, 3.05) is 11.9 Å². The van der Waals surface area contributed by atoms with E-state index in [0.29, 0.717) is 16.6 Å². The van der Waals surface area contributed by atoms with Crippen LogP contribution in [0.3, 0.4) is 0 Å². The monoisotopic (exact) mass is 345 g/mol. The van der Waals surface area contributed by atoms with Gasteiger partial charge in [-0.1, -0.05) is 37.6 Å². The highest BCUT2D eigenvalue weighted by atomic mass is 35.5. The molecule has 1 aromatic carbocycles. The highest BCUT2D eigenvalue weighted by Gasteiger charge is 2.11. The van der Waals surface area contributed by atoms with Gasteiger partial charge in [0.05, 0.1) is 17.3 Å². The van der Waals surface area contributed by atoms with Crippen LogP contribution in [0.15, 0.2) is 36.5 Å². The molecule has 0 aliphatic heterocycles. The lowest BCUT2D eigenvalue weighted by atomic mass is 10.1. The third-order valence-corrected chi connectivity index (χ3v) is 3.81. The molecule has 0 aliphatic carbocycles. The van der Waals surface area contributed by atoms with Crippen LogP contribution in [0.1, 0.15) is 41.4 Å². The van der Waals surface area contributed by atoms with Crippen molar-refractivity contribution >= 4 is 29.1 Å². The zero-order valence-electron chi connectivity index (χ0n) is 13.9. The maximum absolute atomic E-state index is 12.0. The number of nitrogens with one attached hydrogen (secondary N) is 2. The van der Waals surface area contributed by atoms with Gasteiger partial charge in [-0.05, 0) is 42.2 Å². The number of aromatic nitrogens is 1. The normalized spacial score (nSPS) is 10.5. The summed E-state index contributed by atoms with van der Waals surface area (Å²) in [5, 5.41) is 5.66. The largest absolute Gasteiger partial charge is 0.342 e. The molecule has 0 saturated heterocycles. The maximum Gasteiger partial charge on any atom is 0.270 e. The Labute approximate surface area is 146 Å². The Morgan fingerprint density at radius 3 is 2.54 bits per heavy atom. The van der Waals surface area contributed by atoms with E-state index in [1.54, 1.807) is 24.4 Å². The summed E-state index contributed by atoms with van der Waals surface area (Å²) in [5.74, 6) is -0.400. The van der Waals surface area contributed by atoms with Crippen molar-refractivity contribution in [1.29, 1.82) is 0 Å². The van der Waals surface area contributed by atoms with Crippen LogP contribution in [0, 0.1) is 6.92 Å². The Morgan fingerprint density at radius 1 is 1.21 bits per heavy atom. The van der Waals surface area contributed by atoms with Crippen LogP contribution < -0.4 is 10.6 Å². The molecule has 24 heavy (non-hydrogen) atoms. The van der Waals surface area contributed by atoms with E-state index in [9.17, 15) is 9.59 Å². The second-order valence-electron chi connectivity index (χ2n) is 5.85. The fourth-order valence-corrected chi connectivity index (χ4v) is 2.33. The van der Waals surface area contributed by atoms with Crippen molar-refractivity contribution in [3.63, 3.8) is 0 Å². The molecule has 0 atom stereocenters. The van der Waals surface area contributed by atoms with E-state index < -0.39 is 5.91 Å². The summed E-state index contributed by atoms with van der Waals surface area (Å²) < 4.78 is 0. The number of anilines is 1. The average Bonchev–Trinajstić information content (AvgIpc) is 2.55. The molecule has 0 aliphatic rings. The summed E-state index contributed by atoms with van der Waals surface area (Å²) >= 11 is 6.06. The molecule has 0 radical (unpaired) electrons. The summed E-state index contributed by atoms with van der Waals surface area (Å²) in [6, 6.07) is 8.85. The molecule has 2 N–H and O–H groups in total. The van der Waals surface area contributed by atoms with Gasteiger partial charge in [-0.3, -0.25) is 14.6 Å². The van der Waals surface area contributed by atoms with E-state index >= 15 is 0 Å². The van der Waals surface area contributed by atoms with Crippen LogP contribution in [0.2, 0.25) is 5.02 Å². The van der Waals surface area contributed by atoms with Crippen molar-refractivity contribution in [2.45, 2.75) is 26.7 Å². The fraction of sp³-hybridized carbons (Fsp3) is 0.278. The first-order valence-corrected chi connectivity index (χ1v) is 8.04. The third kappa shape index (κ3) is 4.80. The van der Waals surface area contributed by atoms with E-state index in [0.717, 1.165) is 11.1 Å². The minimum atomic E-state index is -0.393. The van der Waals surface area contributed by atoms with Crippen molar-refractivity contribution in [3.05, 3.63) is 58.4 Å². The number of carbonyl (C=O) groups excluding carboxylic acids is 2. The van der Waals surface area contributed by atoms with Gasteiger partial charge in [0.1, 0.15) is 5.69 Å². The van der Waals surface area contributed by atoms with Crippen LogP contribution in [-0.2, 0) is 4.79 Å². The second-order valence-corrected chi connectivity index (χ2v) is 6.25. The van der Waals surface area contributed by atoms with Gasteiger partial charge in [-0.15, -0.1) is 0 Å². The number of nitrogens with zero attached hydrogens (tertiary/aromatic N) is 1. The van der Waals surface area contributed by atoms with Crippen molar-refractivity contribution in [1.82, 2.24) is 10.3 Å². The Bertz CT molecular complexity index is 742. The number of aryl methyl sites for hydroxylation is 1. The first kappa shape index (κ1) is 17.9. The van der Waals surface area contributed by atoms with E-state index in [2.05, 4.69) is 29.5 Å². The van der Waals surface area contributed by atoms with E-state index in [-0.39, 0.29) is 18.1 Å². The summed E-state index contributed by atoms with van der Waals surface area (Å²) in [6.45, 7) is 5.86. The average molecular weight is 346 g/mol. The van der Waals surface area contributed by atoms with Gasteiger partial charge < -0.3 is 10.6 Å². The van der Waals surface area contributed by atoms with Gasteiger partial charge >= 0.3 is 0 Å². The predicted octanol–water partition coefficient (Wildman–Crippen LogP) is 3.54. The van der Waals surface area contributed by atoms with Crippen LogP contribution in [0.25, 0.3) is 0 Å². The van der Waals surface area contributed by atoms with Crippen molar-refractivity contribution in [2.24, 2.45) is 0 Å². The predicted molar refractivity (Wildman–Crippen MR) is 95.5 cm³/mol. The lowest BCUT2D eigenvalue weighted by Crippen LogP contribution is -2.33. The minimum Gasteiger partial charge on any atom is -0.342 e. The lowest BCUT2D eigenvalue weighted by molar-refractivity contribution is -0.115. The van der Waals surface area contributed by atoms with Gasteiger partial charge in [-0.25, -0.2) is 0 Å². The minimum absolute atomic E-state index is 0.156. The fourth-order valence-electron chi connectivity index (χ4n) is 2.05. The number of pyridine rings is 1. The van der Waals surface area contributed by atoms with Crippen LogP contribution in [0.5, 0.6) is 0 Å². The number of halogens is 1. The summed E-state index contributed by atoms with van der Waals surface area (Å²) in [7, 11) is 0. The molecular formula is C18H20ClN3O2. The van der Waals surface area contributed by atoms with Gasteiger partial charge in [0, 0.05) is 6.20 Å². The molecular weight excluding hydrogens is 326 g/mol. The van der Waals surface area contributed by atoms with Gasteiger partial charge in [0.15, 0.2) is 0 Å². The molecule has 126 valence electrons. The van der Waals surface area contributed by atoms with E-state index in [4.69, 9.17) is 11.6 Å². The summed E-state index contributed by atoms with van der Waals surface area (Å²) in [4.78, 5) is 28.1. The molecule has 6 heteroatoms. The Hall–Kier alpha value is -2.40. The first-order valence-electron chi connectivity index (χ1n) is 7.67. The molecule has 0 fully saturated rings. The molecule has 0 spiro atoms. The number of amides is 2. The zero-order chi connectivity index (χ0) is 17.7. The molecule has 0 bridgehead atoms. The highest BCUT2D eigenvalue weighted by molar-refractivity contribution is 6.33. The van der Waals surface area contributed by atoms with Crippen molar-refractivity contribution in [3.8, 4) is 0 Å². The first-order chi connectivity index (χ1) is 11.4. The quantitative estimate of drug-likeness (QED) is 0.870. The molecule has 2 amide bonds. The Kier molecular flexibility index (Phi) is 5.93. The standard InChI is InChI=1S/C18H20ClN3O2/c1-11(2)13-5-7-16(20-9-13)18(24)21-10-17(23)22-15-6-4-12(3)8-14(15)19/h4-9,11H,10H2,1-3H3,(H,21,24)(H,22,23). The molecule has 0 saturated carbocycles. The number of carbonyl (C=O) groups is 2. The zero-order valence-corrected chi connectivity index (χ0v) is 14.6. The van der Waals surface area contributed by atoms with Gasteiger partial charge in [-0.2, -0.15) is 0 Å². The molecule has 2 rings (SSSR count). The lowest BCUT2D eigenvalue weighted by Gasteiger charge is -2.09. The smallest absolute Gasteiger partial charge is 0.270 e. The second kappa shape index (κ2) is 7.93. The molecule has 1 heterocycles. The van der Waals surface area contributed by atoms with E-state index in [1.165, 1.54) is 0 Å². The van der Waals surface area contributed by atoms with E-state index in [1.807, 2.05) is 19.1 Å². The number of hydrogen-bond acceptors (Lipinski definition) is 3. The SMILES string of the molecule is Cc1ccc(NC(=O)CNC(=O)c2ccc(C(C)C)cn2)c(Cl)c1.